The van der Waals surface area contributed by atoms with E-state index in [1.54, 1.807) is 6.08 Å². The highest BCUT2D eigenvalue weighted by Crippen LogP contribution is 2.07. The van der Waals surface area contributed by atoms with Gasteiger partial charge in [-0.3, -0.25) is 14.6 Å². The summed E-state index contributed by atoms with van der Waals surface area (Å²) in [6, 6.07) is 10.3. The lowest BCUT2D eigenvalue weighted by Crippen LogP contribution is -2.53. The average Bonchev–Trinajstić information content (AvgIpc) is 2.60. The second-order valence-corrected chi connectivity index (χ2v) is 5.86. The van der Waals surface area contributed by atoms with Crippen molar-refractivity contribution in [1.29, 1.82) is 0 Å². The van der Waals surface area contributed by atoms with Crippen LogP contribution in [0.3, 0.4) is 0 Å². The molecular weight excluding hydrogens is 286 g/mol. The molecule has 1 heterocycles. The van der Waals surface area contributed by atoms with Gasteiger partial charge in [0.15, 0.2) is 0 Å². The van der Waals surface area contributed by atoms with Gasteiger partial charge >= 0.3 is 0 Å². The van der Waals surface area contributed by atoms with Crippen LogP contribution in [0.4, 0.5) is 0 Å². The maximum Gasteiger partial charge on any atom is 0.237 e. The Morgan fingerprint density at radius 2 is 1.96 bits per heavy atom. The van der Waals surface area contributed by atoms with Crippen molar-refractivity contribution in [2.45, 2.75) is 13.0 Å². The molecule has 1 N–H and O–H groups in total. The first-order chi connectivity index (χ1) is 11.2. The topological polar surface area (TPSA) is 35.6 Å². The summed E-state index contributed by atoms with van der Waals surface area (Å²) >= 11 is 0. The number of hydrogen-bond acceptors (Lipinski definition) is 3. The van der Waals surface area contributed by atoms with E-state index in [1.807, 2.05) is 13.0 Å². The van der Waals surface area contributed by atoms with Gasteiger partial charge < -0.3 is 5.32 Å². The average molecular weight is 313 g/mol. The van der Waals surface area contributed by atoms with Crippen LogP contribution in [-0.2, 0) is 4.79 Å². The standard InChI is InChI=1S/C19H27N3O/c1-3-11-20-19(23)17(2)22-15-13-21(14-16-22)12-7-10-18-8-5-4-6-9-18/h3-10,17H,1,11-16H2,2H3,(H,20,23). The van der Waals surface area contributed by atoms with Crippen LogP contribution in [0, 0.1) is 0 Å². The molecule has 124 valence electrons. The zero-order chi connectivity index (χ0) is 16.5. The van der Waals surface area contributed by atoms with Crippen molar-refractivity contribution in [1.82, 2.24) is 15.1 Å². The summed E-state index contributed by atoms with van der Waals surface area (Å²) in [5, 5.41) is 2.87. The quantitative estimate of drug-likeness (QED) is 0.782. The van der Waals surface area contributed by atoms with Crippen molar-refractivity contribution >= 4 is 12.0 Å². The minimum Gasteiger partial charge on any atom is -0.351 e. The van der Waals surface area contributed by atoms with Crippen molar-refractivity contribution in [2.24, 2.45) is 0 Å². The Hall–Kier alpha value is -1.91. The fourth-order valence-electron chi connectivity index (χ4n) is 2.72. The van der Waals surface area contributed by atoms with Gasteiger partial charge in [-0.1, -0.05) is 48.6 Å². The number of benzene rings is 1. The highest BCUT2D eigenvalue weighted by molar-refractivity contribution is 5.81. The molecule has 2 rings (SSSR count). The summed E-state index contributed by atoms with van der Waals surface area (Å²) in [7, 11) is 0. The summed E-state index contributed by atoms with van der Waals surface area (Å²) in [6.45, 7) is 11.0. The van der Waals surface area contributed by atoms with E-state index in [-0.39, 0.29) is 11.9 Å². The Morgan fingerprint density at radius 1 is 1.26 bits per heavy atom. The molecule has 1 aliphatic rings. The molecule has 4 nitrogen and oxygen atoms in total. The smallest absolute Gasteiger partial charge is 0.237 e. The van der Waals surface area contributed by atoms with Crippen LogP contribution in [0.5, 0.6) is 0 Å². The number of nitrogens with zero attached hydrogens (tertiary/aromatic N) is 2. The van der Waals surface area contributed by atoms with Gasteiger partial charge in [-0.05, 0) is 12.5 Å². The lowest BCUT2D eigenvalue weighted by molar-refractivity contribution is -0.126. The van der Waals surface area contributed by atoms with Gasteiger partial charge in [-0.15, -0.1) is 6.58 Å². The molecule has 1 aliphatic heterocycles. The monoisotopic (exact) mass is 313 g/mol. The number of hydrogen-bond donors (Lipinski definition) is 1. The SMILES string of the molecule is C=CCNC(=O)C(C)N1CCN(CC=Cc2ccccc2)CC1. The maximum atomic E-state index is 12.0. The van der Waals surface area contributed by atoms with Gasteiger partial charge in [0.05, 0.1) is 6.04 Å². The van der Waals surface area contributed by atoms with Crippen LogP contribution in [0.1, 0.15) is 12.5 Å². The fraction of sp³-hybridized carbons (Fsp3) is 0.421. The second kappa shape index (κ2) is 9.28. The molecular formula is C19H27N3O. The van der Waals surface area contributed by atoms with E-state index in [0.29, 0.717) is 6.54 Å². The molecule has 4 heteroatoms. The van der Waals surface area contributed by atoms with Gasteiger partial charge in [-0.2, -0.15) is 0 Å². The number of carbonyl (C=O) groups excluding carboxylic acids is 1. The van der Waals surface area contributed by atoms with Gasteiger partial charge in [0.2, 0.25) is 5.91 Å². The summed E-state index contributed by atoms with van der Waals surface area (Å²) in [6.07, 6.45) is 6.09. The van der Waals surface area contributed by atoms with Gasteiger partial charge in [-0.25, -0.2) is 0 Å². The van der Waals surface area contributed by atoms with E-state index >= 15 is 0 Å². The molecule has 0 aromatic heterocycles. The summed E-state index contributed by atoms with van der Waals surface area (Å²) in [5.41, 5.74) is 1.23. The highest BCUT2D eigenvalue weighted by Gasteiger charge is 2.24. The molecule has 23 heavy (non-hydrogen) atoms. The van der Waals surface area contributed by atoms with E-state index < -0.39 is 0 Å². The molecule has 0 saturated carbocycles. The molecule has 0 radical (unpaired) electrons. The van der Waals surface area contributed by atoms with Gasteiger partial charge in [0, 0.05) is 39.3 Å². The minimum absolute atomic E-state index is 0.0723. The number of rotatable bonds is 7. The lowest BCUT2D eigenvalue weighted by atomic mass is 10.2. The van der Waals surface area contributed by atoms with Crippen LogP contribution >= 0.6 is 0 Å². The number of nitrogens with one attached hydrogen (secondary N) is 1. The third-order valence-electron chi connectivity index (χ3n) is 4.23. The predicted octanol–water partition coefficient (Wildman–Crippen LogP) is 2.01. The Bertz CT molecular complexity index is 519. The molecule has 1 saturated heterocycles. The van der Waals surface area contributed by atoms with E-state index in [9.17, 15) is 4.79 Å². The first-order valence-electron chi connectivity index (χ1n) is 8.27. The Kier molecular flexibility index (Phi) is 7.04. The molecule has 0 aliphatic carbocycles. The van der Waals surface area contributed by atoms with Crippen molar-refractivity contribution in [3.05, 3.63) is 54.6 Å². The predicted molar refractivity (Wildman–Crippen MR) is 96.2 cm³/mol. The van der Waals surface area contributed by atoms with Crippen LogP contribution in [-0.4, -0.2) is 61.0 Å². The fourth-order valence-corrected chi connectivity index (χ4v) is 2.72. The molecule has 1 aromatic rings. The zero-order valence-corrected chi connectivity index (χ0v) is 13.9. The van der Waals surface area contributed by atoms with Gasteiger partial charge in [0.1, 0.15) is 0 Å². The van der Waals surface area contributed by atoms with Crippen molar-refractivity contribution in [3.63, 3.8) is 0 Å². The van der Waals surface area contributed by atoms with Gasteiger partial charge in [0.25, 0.3) is 0 Å². The van der Waals surface area contributed by atoms with E-state index in [1.165, 1.54) is 5.56 Å². The summed E-state index contributed by atoms with van der Waals surface area (Å²) < 4.78 is 0. The number of carbonyl (C=O) groups is 1. The Balaban J connectivity index is 1.72. The minimum atomic E-state index is -0.0723. The molecule has 0 spiro atoms. The van der Waals surface area contributed by atoms with E-state index in [0.717, 1.165) is 32.7 Å². The first kappa shape index (κ1) is 17.4. The third-order valence-corrected chi connectivity index (χ3v) is 4.23. The summed E-state index contributed by atoms with van der Waals surface area (Å²) in [4.78, 5) is 16.7. The maximum absolute atomic E-state index is 12.0. The lowest BCUT2D eigenvalue weighted by Gasteiger charge is -2.37. The second-order valence-electron chi connectivity index (χ2n) is 5.86. The zero-order valence-electron chi connectivity index (χ0n) is 13.9. The molecule has 1 aromatic carbocycles. The van der Waals surface area contributed by atoms with Crippen LogP contribution in [0.2, 0.25) is 0 Å². The first-order valence-corrected chi connectivity index (χ1v) is 8.27. The van der Waals surface area contributed by atoms with E-state index in [2.05, 4.69) is 58.1 Å². The Morgan fingerprint density at radius 3 is 2.61 bits per heavy atom. The molecule has 1 atom stereocenters. The molecule has 0 bridgehead atoms. The normalized spacial score (nSPS) is 18.0. The van der Waals surface area contributed by atoms with Crippen LogP contribution in [0.25, 0.3) is 6.08 Å². The van der Waals surface area contributed by atoms with Crippen molar-refractivity contribution in [2.75, 3.05) is 39.3 Å². The van der Waals surface area contributed by atoms with Crippen LogP contribution < -0.4 is 5.32 Å². The largest absolute Gasteiger partial charge is 0.351 e. The molecule has 1 unspecified atom stereocenters. The van der Waals surface area contributed by atoms with Crippen molar-refractivity contribution < 1.29 is 4.79 Å². The summed E-state index contributed by atoms with van der Waals surface area (Å²) in [5.74, 6) is 0.0855. The van der Waals surface area contributed by atoms with Crippen LogP contribution in [0.15, 0.2) is 49.1 Å². The number of amides is 1. The van der Waals surface area contributed by atoms with E-state index in [4.69, 9.17) is 0 Å². The molecule has 1 amide bonds. The third kappa shape index (κ3) is 5.66. The number of piperazine rings is 1. The Labute approximate surface area is 139 Å². The highest BCUT2D eigenvalue weighted by atomic mass is 16.2. The molecule has 1 fully saturated rings. The van der Waals surface area contributed by atoms with Crippen molar-refractivity contribution in [3.8, 4) is 0 Å².